The number of amides is 3. The van der Waals surface area contributed by atoms with Crippen molar-refractivity contribution in [3.63, 3.8) is 0 Å². The van der Waals surface area contributed by atoms with Gasteiger partial charge < -0.3 is 30.9 Å². The molecule has 298 valence electrons. The van der Waals surface area contributed by atoms with Crippen LogP contribution in [0.3, 0.4) is 0 Å². The minimum absolute atomic E-state index is 0.0116. The number of aromatic nitrogens is 2. The molecule has 3 atom stereocenters. The first kappa shape index (κ1) is 43.1. The molecule has 0 aliphatic rings. The summed E-state index contributed by atoms with van der Waals surface area (Å²) in [6.45, 7) is 10.2. The van der Waals surface area contributed by atoms with Crippen LogP contribution in [-0.2, 0) is 31.0 Å². The fourth-order valence-electron chi connectivity index (χ4n) is 5.61. The number of hydrogen-bond acceptors (Lipinski definition) is 9. The van der Waals surface area contributed by atoms with Crippen molar-refractivity contribution in [1.82, 2.24) is 25.9 Å². The molecule has 0 saturated heterocycles. The van der Waals surface area contributed by atoms with Crippen LogP contribution in [0.2, 0.25) is 0 Å². The average molecular weight is 786 g/mol. The lowest BCUT2D eigenvalue weighted by Crippen LogP contribution is -2.53. The van der Waals surface area contributed by atoms with Crippen LogP contribution in [0.25, 0.3) is 22.5 Å². The average Bonchev–Trinajstić information content (AvgIpc) is 3.68. The van der Waals surface area contributed by atoms with Crippen molar-refractivity contribution in [2.24, 2.45) is 0 Å². The predicted molar refractivity (Wildman–Crippen MR) is 215 cm³/mol. The van der Waals surface area contributed by atoms with E-state index in [1.807, 2.05) is 51.1 Å². The molecule has 4 aromatic rings. The van der Waals surface area contributed by atoms with Crippen LogP contribution < -0.4 is 20.7 Å². The zero-order valence-corrected chi connectivity index (χ0v) is 33.3. The van der Waals surface area contributed by atoms with Gasteiger partial charge in [-0.25, -0.2) is 14.8 Å². The van der Waals surface area contributed by atoms with Gasteiger partial charge in [0.05, 0.1) is 17.9 Å². The van der Waals surface area contributed by atoms with E-state index in [1.165, 1.54) is 43.9 Å². The summed E-state index contributed by atoms with van der Waals surface area (Å²) >= 11 is 1.29. The number of carboxylic acids is 2. The lowest BCUT2D eigenvalue weighted by Gasteiger charge is -2.22. The largest absolute Gasteiger partial charge is 0.494 e. The molecule has 14 heteroatoms. The smallest absolute Gasteiger partial charge is 0.326 e. The number of ether oxygens (including phenoxy) is 1. The first-order valence-corrected chi connectivity index (χ1v) is 19.6. The van der Waals surface area contributed by atoms with E-state index in [0.29, 0.717) is 28.4 Å². The van der Waals surface area contributed by atoms with Gasteiger partial charge in [-0.05, 0) is 54.2 Å². The van der Waals surface area contributed by atoms with Crippen LogP contribution in [-0.4, -0.2) is 74.6 Å². The molecule has 2 aromatic carbocycles. The molecule has 0 fully saturated rings. The molecule has 4 rings (SSSR count). The van der Waals surface area contributed by atoms with E-state index in [9.17, 15) is 29.1 Å². The van der Waals surface area contributed by atoms with Gasteiger partial charge in [0.2, 0.25) is 11.8 Å². The van der Waals surface area contributed by atoms with E-state index in [0.717, 1.165) is 28.2 Å². The van der Waals surface area contributed by atoms with Gasteiger partial charge in [-0.1, -0.05) is 89.8 Å². The summed E-state index contributed by atoms with van der Waals surface area (Å²) in [7, 11) is 0. The van der Waals surface area contributed by atoms with Gasteiger partial charge in [0.15, 0.2) is 5.82 Å². The summed E-state index contributed by atoms with van der Waals surface area (Å²) in [6, 6.07) is 14.3. The van der Waals surface area contributed by atoms with Gasteiger partial charge in [-0.15, -0.1) is 11.3 Å². The predicted octanol–water partition coefficient (Wildman–Crippen LogP) is 6.41. The Kier molecular flexibility index (Phi) is 15.7. The first-order valence-electron chi connectivity index (χ1n) is 18.8. The van der Waals surface area contributed by atoms with Crippen LogP contribution in [0, 0.1) is 0 Å². The number of unbranched alkanes of at least 4 members (excludes halogenated alkanes) is 4. The quantitative estimate of drug-likeness (QED) is 0.0625. The molecule has 56 heavy (non-hydrogen) atoms. The SMILES string of the molecule is CCCCCCCOc1ccc(-c2cnc(-c3ccc(C[C@H](NC(=O)c4ccc(C(C)(C)C)s4)C(=O)N[C@@H](CC(=O)N[C@@H](C)C(=O)O)C(=O)O)cc3)nc2)cc1. The second-order valence-electron chi connectivity index (χ2n) is 14.7. The first-order chi connectivity index (χ1) is 26.6. The number of hydrogen-bond donors (Lipinski definition) is 5. The Bertz CT molecular complexity index is 1940. The Morgan fingerprint density at radius 3 is 1.98 bits per heavy atom. The summed E-state index contributed by atoms with van der Waals surface area (Å²) in [4.78, 5) is 73.1. The molecule has 0 radical (unpaired) electrons. The molecule has 0 unspecified atom stereocenters. The molecule has 0 aliphatic heterocycles. The lowest BCUT2D eigenvalue weighted by molar-refractivity contribution is -0.144. The summed E-state index contributed by atoms with van der Waals surface area (Å²) in [5.74, 6) is -3.72. The molecular weight excluding hydrogens is 735 g/mol. The molecule has 0 bridgehead atoms. The van der Waals surface area contributed by atoms with E-state index < -0.39 is 54.2 Å². The molecule has 5 N–H and O–H groups in total. The lowest BCUT2D eigenvalue weighted by atomic mass is 9.95. The van der Waals surface area contributed by atoms with Crippen LogP contribution in [0.15, 0.2) is 73.1 Å². The minimum Gasteiger partial charge on any atom is -0.494 e. The van der Waals surface area contributed by atoms with Crippen molar-refractivity contribution >= 4 is 41.0 Å². The van der Waals surface area contributed by atoms with Crippen molar-refractivity contribution in [3.8, 4) is 28.3 Å². The molecular formula is C42H51N5O8S. The number of carbonyl (C=O) groups excluding carboxylic acids is 3. The van der Waals surface area contributed by atoms with E-state index >= 15 is 0 Å². The van der Waals surface area contributed by atoms with Crippen molar-refractivity contribution in [2.75, 3.05) is 6.61 Å². The Labute approximate surface area is 331 Å². The maximum absolute atomic E-state index is 13.6. The van der Waals surface area contributed by atoms with Gasteiger partial charge >= 0.3 is 11.9 Å². The molecule has 3 amide bonds. The van der Waals surface area contributed by atoms with Gasteiger partial charge in [0.25, 0.3) is 5.91 Å². The molecule has 0 spiro atoms. The topological polar surface area (TPSA) is 197 Å². The third kappa shape index (κ3) is 13.0. The van der Waals surface area contributed by atoms with Gasteiger partial charge in [0, 0.05) is 34.8 Å². The molecule has 0 aliphatic carbocycles. The summed E-state index contributed by atoms with van der Waals surface area (Å²) in [5.41, 5.74) is 2.96. The normalized spacial score (nSPS) is 12.9. The number of rotatable bonds is 20. The summed E-state index contributed by atoms with van der Waals surface area (Å²) in [5, 5.41) is 26.2. The van der Waals surface area contributed by atoms with Crippen molar-refractivity contribution in [2.45, 2.75) is 103 Å². The highest BCUT2D eigenvalue weighted by Gasteiger charge is 2.30. The number of nitrogens with one attached hydrogen (secondary N) is 3. The minimum atomic E-state index is -1.68. The molecule has 13 nitrogen and oxygen atoms in total. The number of carbonyl (C=O) groups is 5. The van der Waals surface area contributed by atoms with E-state index in [4.69, 9.17) is 9.84 Å². The Morgan fingerprint density at radius 1 is 0.750 bits per heavy atom. The van der Waals surface area contributed by atoms with Crippen LogP contribution in [0.1, 0.15) is 93.3 Å². The Hall–Kier alpha value is -5.63. The Morgan fingerprint density at radius 2 is 1.39 bits per heavy atom. The van der Waals surface area contributed by atoms with Gasteiger partial charge in [-0.3, -0.25) is 19.2 Å². The van der Waals surface area contributed by atoms with Crippen LogP contribution >= 0.6 is 11.3 Å². The molecule has 0 saturated carbocycles. The molecule has 2 heterocycles. The highest BCUT2D eigenvalue weighted by atomic mass is 32.1. The number of carboxylic acid groups (broad SMARTS) is 2. The second-order valence-corrected chi connectivity index (χ2v) is 15.7. The van der Waals surface area contributed by atoms with E-state index in [2.05, 4.69) is 32.8 Å². The van der Waals surface area contributed by atoms with Gasteiger partial charge in [-0.2, -0.15) is 0 Å². The standard InChI is InChI=1S/C42H51N5O8S/c1-6-7-8-9-10-21-55-31-17-15-28(16-18-31)30-24-43-37(44-25-30)29-13-11-27(12-14-29)22-32(46-39(50)34-19-20-35(56-34)42(3,4)5)38(49)47-33(41(53)54)23-36(48)45-26(2)40(51)52/h11-20,24-26,32-33H,6-10,21-23H2,1-5H3,(H,45,48)(H,46,50)(H,47,49)(H,51,52)(H,53,54)/t26-,32-,33-/m0/s1. The highest BCUT2D eigenvalue weighted by molar-refractivity contribution is 7.14. The summed E-state index contributed by atoms with van der Waals surface area (Å²) in [6.07, 6.45) is 8.65. The monoisotopic (exact) mass is 785 g/mol. The number of aliphatic carboxylic acids is 2. The van der Waals surface area contributed by atoms with E-state index in [-0.39, 0.29) is 11.8 Å². The zero-order valence-electron chi connectivity index (χ0n) is 32.5. The third-order valence-corrected chi connectivity index (χ3v) is 10.5. The summed E-state index contributed by atoms with van der Waals surface area (Å²) < 4.78 is 5.88. The number of thiophene rings is 1. The third-order valence-electron chi connectivity index (χ3n) is 8.95. The second kappa shape index (κ2) is 20.3. The van der Waals surface area contributed by atoms with Crippen molar-refractivity contribution in [3.05, 3.63) is 88.4 Å². The maximum Gasteiger partial charge on any atom is 0.326 e. The maximum atomic E-state index is 13.6. The van der Waals surface area contributed by atoms with Crippen molar-refractivity contribution < 1.29 is 38.9 Å². The van der Waals surface area contributed by atoms with Crippen LogP contribution in [0.5, 0.6) is 5.75 Å². The highest BCUT2D eigenvalue weighted by Crippen LogP contribution is 2.30. The Balaban J connectivity index is 1.45. The van der Waals surface area contributed by atoms with E-state index in [1.54, 1.807) is 42.7 Å². The van der Waals surface area contributed by atoms with Crippen LogP contribution in [0.4, 0.5) is 0 Å². The zero-order chi connectivity index (χ0) is 40.8. The molecule has 2 aromatic heterocycles. The fraction of sp³-hybridized carbons (Fsp3) is 0.405. The fourth-order valence-corrected chi connectivity index (χ4v) is 6.58. The number of nitrogens with zero attached hydrogens (tertiary/aromatic N) is 2. The van der Waals surface area contributed by atoms with Crippen molar-refractivity contribution in [1.29, 1.82) is 0 Å². The van der Waals surface area contributed by atoms with Gasteiger partial charge in [0.1, 0.15) is 23.9 Å². The number of benzene rings is 2.